The van der Waals surface area contributed by atoms with E-state index in [1.807, 2.05) is 18.2 Å². The SMILES string of the molecule is COc1cc(-c2cc(CN(C[C@@H]3CCCO3)S(=O)(=O)Cc3ccccc3)no2)cc(OC)c1OC. The largest absolute Gasteiger partial charge is 0.493 e. The van der Waals surface area contributed by atoms with Gasteiger partial charge in [-0.3, -0.25) is 0 Å². The molecule has 2 aromatic carbocycles. The Balaban J connectivity index is 1.59. The first-order chi connectivity index (χ1) is 16.9. The third kappa shape index (κ3) is 5.95. The smallest absolute Gasteiger partial charge is 0.218 e. The van der Waals surface area contributed by atoms with E-state index in [0.29, 0.717) is 40.9 Å². The Morgan fingerprint density at radius 2 is 1.74 bits per heavy atom. The van der Waals surface area contributed by atoms with E-state index in [2.05, 4.69) is 5.16 Å². The van der Waals surface area contributed by atoms with Crippen molar-refractivity contribution >= 4 is 10.0 Å². The maximum Gasteiger partial charge on any atom is 0.218 e. The molecule has 1 fully saturated rings. The second-order valence-corrected chi connectivity index (χ2v) is 10.2. The third-order valence-electron chi connectivity index (χ3n) is 5.86. The van der Waals surface area contributed by atoms with Crippen molar-refractivity contribution in [1.29, 1.82) is 0 Å². The molecule has 2 heterocycles. The molecule has 0 N–H and O–H groups in total. The van der Waals surface area contributed by atoms with Crippen molar-refractivity contribution in [2.24, 2.45) is 0 Å². The number of hydrogen-bond donors (Lipinski definition) is 0. The Hall–Kier alpha value is -3.08. The number of aromatic nitrogens is 1. The average Bonchev–Trinajstić information content (AvgIpc) is 3.55. The van der Waals surface area contributed by atoms with Gasteiger partial charge in [-0.15, -0.1) is 0 Å². The van der Waals surface area contributed by atoms with Gasteiger partial charge in [0.15, 0.2) is 17.3 Å². The lowest BCUT2D eigenvalue weighted by Gasteiger charge is -2.24. The molecular formula is C25H30N2O7S. The Bertz CT molecular complexity index is 1200. The predicted molar refractivity (Wildman–Crippen MR) is 130 cm³/mol. The first-order valence-corrected chi connectivity index (χ1v) is 12.9. The quantitative estimate of drug-likeness (QED) is 0.390. The summed E-state index contributed by atoms with van der Waals surface area (Å²) in [5.74, 6) is 1.78. The lowest BCUT2D eigenvalue weighted by Crippen LogP contribution is -2.37. The van der Waals surface area contributed by atoms with Gasteiger partial charge in [0, 0.05) is 24.8 Å². The van der Waals surface area contributed by atoms with Crippen molar-refractivity contribution in [2.75, 3.05) is 34.5 Å². The van der Waals surface area contributed by atoms with Crippen molar-refractivity contribution in [3.63, 3.8) is 0 Å². The lowest BCUT2D eigenvalue weighted by molar-refractivity contribution is 0.0921. The highest BCUT2D eigenvalue weighted by atomic mass is 32.2. The molecule has 0 bridgehead atoms. The van der Waals surface area contributed by atoms with Crippen LogP contribution in [-0.2, 0) is 27.1 Å². The molecule has 10 heteroatoms. The molecule has 188 valence electrons. The predicted octanol–water partition coefficient (Wildman–Crippen LogP) is 3.88. The van der Waals surface area contributed by atoms with Gasteiger partial charge in [-0.05, 0) is 30.5 Å². The molecule has 1 aliphatic rings. The maximum atomic E-state index is 13.4. The molecular weight excluding hydrogens is 472 g/mol. The molecule has 9 nitrogen and oxygen atoms in total. The summed E-state index contributed by atoms with van der Waals surface area (Å²) in [6.07, 6.45) is 1.61. The van der Waals surface area contributed by atoms with E-state index >= 15 is 0 Å². The van der Waals surface area contributed by atoms with Crippen LogP contribution in [0.3, 0.4) is 0 Å². The molecule has 35 heavy (non-hydrogen) atoms. The molecule has 1 saturated heterocycles. The Morgan fingerprint density at radius 1 is 1.03 bits per heavy atom. The van der Waals surface area contributed by atoms with Gasteiger partial charge in [-0.2, -0.15) is 4.31 Å². The summed E-state index contributed by atoms with van der Waals surface area (Å²) < 4.78 is 55.7. The second-order valence-electron chi connectivity index (χ2n) is 8.27. The van der Waals surface area contributed by atoms with Crippen molar-refractivity contribution in [2.45, 2.75) is 31.2 Å². The molecule has 0 aliphatic carbocycles. The first kappa shape index (κ1) is 25.0. The monoisotopic (exact) mass is 502 g/mol. The Kier molecular flexibility index (Phi) is 7.94. The molecule has 1 aliphatic heterocycles. The van der Waals surface area contributed by atoms with E-state index < -0.39 is 10.0 Å². The third-order valence-corrected chi connectivity index (χ3v) is 7.63. The summed E-state index contributed by atoms with van der Waals surface area (Å²) in [5, 5.41) is 4.15. The number of sulfonamides is 1. The Morgan fingerprint density at radius 3 is 2.34 bits per heavy atom. The van der Waals surface area contributed by atoms with E-state index in [-0.39, 0.29) is 24.9 Å². The highest BCUT2D eigenvalue weighted by Crippen LogP contribution is 2.41. The minimum absolute atomic E-state index is 0.0724. The van der Waals surface area contributed by atoms with Crippen LogP contribution in [0.5, 0.6) is 17.2 Å². The summed E-state index contributed by atoms with van der Waals surface area (Å²) in [6.45, 7) is 0.983. The number of benzene rings is 2. The highest BCUT2D eigenvalue weighted by molar-refractivity contribution is 7.88. The zero-order valence-electron chi connectivity index (χ0n) is 20.1. The van der Waals surface area contributed by atoms with E-state index in [1.165, 1.54) is 25.6 Å². The van der Waals surface area contributed by atoms with E-state index in [1.54, 1.807) is 30.3 Å². The van der Waals surface area contributed by atoms with Crippen LogP contribution in [0.1, 0.15) is 24.1 Å². The fourth-order valence-electron chi connectivity index (χ4n) is 4.09. The normalized spacial score (nSPS) is 15.9. The van der Waals surface area contributed by atoms with E-state index in [9.17, 15) is 8.42 Å². The van der Waals surface area contributed by atoms with Crippen molar-refractivity contribution in [3.05, 3.63) is 59.8 Å². The summed E-state index contributed by atoms with van der Waals surface area (Å²) in [7, 11) is 0.972. The van der Waals surface area contributed by atoms with Gasteiger partial charge in [-0.25, -0.2) is 8.42 Å². The van der Waals surface area contributed by atoms with Crippen LogP contribution in [0.15, 0.2) is 53.1 Å². The van der Waals surface area contributed by atoms with Gasteiger partial charge in [-0.1, -0.05) is 35.5 Å². The molecule has 0 spiro atoms. The van der Waals surface area contributed by atoms with E-state index in [0.717, 1.165) is 18.4 Å². The number of nitrogens with zero attached hydrogens (tertiary/aromatic N) is 2. The van der Waals surface area contributed by atoms with Gasteiger partial charge in [0.05, 0.1) is 45.4 Å². The van der Waals surface area contributed by atoms with Crippen LogP contribution in [-0.4, -0.2) is 58.5 Å². The van der Waals surface area contributed by atoms with Crippen molar-refractivity contribution in [1.82, 2.24) is 9.46 Å². The number of methoxy groups -OCH3 is 3. The van der Waals surface area contributed by atoms with Crippen LogP contribution in [0.2, 0.25) is 0 Å². The summed E-state index contributed by atoms with van der Waals surface area (Å²) in [4.78, 5) is 0. The fraction of sp³-hybridized carbons (Fsp3) is 0.400. The van der Waals surface area contributed by atoms with Crippen LogP contribution in [0, 0.1) is 0 Å². The summed E-state index contributed by atoms with van der Waals surface area (Å²) in [5.41, 5.74) is 1.88. The van der Waals surface area contributed by atoms with Gasteiger partial charge >= 0.3 is 0 Å². The summed E-state index contributed by atoms with van der Waals surface area (Å²) >= 11 is 0. The average molecular weight is 503 g/mol. The molecule has 0 radical (unpaired) electrons. The van der Waals surface area contributed by atoms with Crippen LogP contribution in [0.25, 0.3) is 11.3 Å². The highest BCUT2D eigenvalue weighted by Gasteiger charge is 2.29. The van der Waals surface area contributed by atoms with Gasteiger partial charge in [0.2, 0.25) is 15.8 Å². The van der Waals surface area contributed by atoms with E-state index in [4.69, 9.17) is 23.5 Å². The number of hydrogen-bond acceptors (Lipinski definition) is 8. The zero-order chi connectivity index (χ0) is 24.8. The molecule has 0 amide bonds. The minimum Gasteiger partial charge on any atom is -0.493 e. The molecule has 0 saturated carbocycles. The van der Waals surface area contributed by atoms with Gasteiger partial charge in [0.25, 0.3) is 0 Å². The van der Waals surface area contributed by atoms with Crippen LogP contribution >= 0.6 is 0 Å². The standard InChI is InChI=1S/C25H30N2O7S/c1-30-23-12-19(13-24(31-2)25(23)32-3)22-14-20(26-34-22)15-27(16-21-10-7-11-33-21)35(28,29)17-18-8-5-4-6-9-18/h4-6,8-9,12-14,21H,7,10-11,15-17H2,1-3H3/t21-/m0/s1. The fourth-order valence-corrected chi connectivity index (χ4v) is 5.61. The lowest BCUT2D eigenvalue weighted by atomic mass is 10.1. The molecule has 0 unspecified atom stereocenters. The topological polar surface area (TPSA) is 100 Å². The summed E-state index contributed by atoms with van der Waals surface area (Å²) in [6, 6.07) is 14.4. The minimum atomic E-state index is -3.63. The Labute approximate surface area is 205 Å². The molecule has 1 aromatic heterocycles. The van der Waals surface area contributed by atoms with Gasteiger partial charge in [0.1, 0.15) is 0 Å². The van der Waals surface area contributed by atoms with Gasteiger partial charge < -0.3 is 23.5 Å². The molecule has 4 rings (SSSR count). The maximum absolute atomic E-state index is 13.4. The number of rotatable bonds is 11. The van der Waals surface area contributed by atoms with Crippen LogP contribution < -0.4 is 14.2 Å². The van der Waals surface area contributed by atoms with Crippen molar-refractivity contribution in [3.8, 4) is 28.6 Å². The van der Waals surface area contributed by atoms with Crippen molar-refractivity contribution < 1.29 is 31.9 Å². The second kappa shape index (κ2) is 11.1. The number of ether oxygens (including phenoxy) is 4. The molecule has 1 atom stereocenters. The van der Waals surface area contributed by atoms with Crippen LogP contribution in [0.4, 0.5) is 0 Å². The zero-order valence-corrected chi connectivity index (χ0v) is 20.9. The molecule has 3 aromatic rings. The first-order valence-electron chi connectivity index (χ1n) is 11.3.